The molecule has 0 amide bonds. The van der Waals surface area contributed by atoms with Crippen molar-refractivity contribution in [2.75, 3.05) is 6.26 Å². The van der Waals surface area contributed by atoms with Crippen LogP contribution in [0.1, 0.15) is 11.1 Å². The Kier molecular flexibility index (Phi) is 6.81. The number of nitrogens with zero attached hydrogens (tertiary/aromatic N) is 1. The molecule has 31 heavy (non-hydrogen) atoms. The van der Waals surface area contributed by atoms with Crippen LogP contribution in [-0.4, -0.2) is 13.0 Å². The highest BCUT2D eigenvalue weighted by Gasteiger charge is 2.06. The third-order valence-corrected chi connectivity index (χ3v) is 6.13. The number of benzene rings is 4. The minimum atomic E-state index is 0.812. The Labute approximate surface area is 189 Å². The second-order valence-corrected chi connectivity index (χ2v) is 8.14. The number of aliphatic imine (C=N–C) groups is 1. The van der Waals surface area contributed by atoms with Crippen molar-refractivity contribution in [3.05, 3.63) is 120 Å². The number of rotatable bonds is 7. The van der Waals surface area contributed by atoms with Crippen LogP contribution in [0.2, 0.25) is 0 Å². The summed E-state index contributed by atoms with van der Waals surface area (Å²) in [6, 6.07) is 36.2. The monoisotopic (exact) mass is 419 g/mol. The van der Waals surface area contributed by atoms with Crippen molar-refractivity contribution in [1.29, 1.82) is 0 Å². The van der Waals surface area contributed by atoms with Gasteiger partial charge in [0.25, 0.3) is 0 Å². The van der Waals surface area contributed by atoms with Crippen molar-refractivity contribution >= 4 is 24.2 Å². The zero-order valence-electron chi connectivity index (χ0n) is 17.7. The number of allylic oxidation sites excluding steroid dienone is 1. The van der Waals surface area contributed by atoms with Gasteiger partial charge in [0.2, 0.25) is 0 Å². The van der Waals surface area contributed by atoms with Crippen LogP contribution >= 0.6 is 11.8 Å². The molecule has 152 valence electrons. The molecule has 0 aliphatic rings. The van der Waals surface area contributed by atoms with E-state index in [1.807, 2.05) is 6.07 Å². The fraction of sp³-hybridized carbons (Fsp3) is 0.0690. The molecule has 0 atom stereocenters. The maximum absolute atomic E-state index is 4.30. The molecule has 0 spiro atoms. The molecule has 4 aromatic carbocycles. The lowest BCUT2D eigenvalue weighted by Crippen LogP contribution is -1.88. The number of hydrogen-bond acceptors (Lipinski definition) is 2. The summed E-state index contributed by atoms with van der Waals surface area (Å²) >= 11 is 1.77. The summed E-state index contributed by atoms with van der Waals surface area (Å²) in [6.07, 6.45) is 5.08. The maximum atomic E-state index is 4.30. The molecule has 0 unspecified atom stereocenters. The highest BCUT2D eigenvalue weighted by molar-refractivity contribution is 7.98. The fourth-order valence-corrected chi connectivity index (χ4v) is 4.32. The molecule has 0 aliphatic carbocycles. The van der Waals surface area contributed by atoms with Crippen LogP contribution in [0.15, 0.2) is 119 Å². The van der Waals surface area contributed by atoms with Crippen LogP contribution in [-0.2, 0) is 6.42 Å². The maximum Gasteiger partial charge on any atom is 0.0658 e. The zero-order chi connectivity index (χ0) is 21.5. The van der Waals surface area contributed by atoms with Gasteiger partial charge in [0.1, 0.15) is 0 Å². The quantitative estimate of drug-likeness (QED) is 0.218. The highest BCUT2D eigenvalue weighted by atomic mass is 32.2. The summed E-state index contributed by atoms with van der Waals surface area (Å²) in [7, 11) is 0. The largest absolute Gasteiger partial charge is 0.264 e. The summed E-state index contributed by atoms with van der Waals surface area (Å²) < 4.78 is 0. The Morgan fingerprint density at radius 3 is 2.23 bits per heavy atom. The summed E-state index contributed by atoms with van der Waals surface area (Å²) in [5.74, 6) is 0. The average molecular weight is 420 g/mol. The van der Waals surface area contributed by atoms with Gasteiger partial charge < -0.3 is 0 Å². The molecule has 0 aromatic heterocycles. The van der Waals surface area contributed by atoms with E-state index in [9.17, 15) is 0 Å². The van der Waals surface area contributed by atoms with Gasteiger partial charge in [-0.15, -0.1) is 11.8 Å². The Balaban J connectivity index is 1.55. The molecule has 4 rings (SSSR count). The van der Waals surface area contributed by atoms with Gasteiger partial charge in [0.05, 0.1) is 5.70 Å². The highest BCUT2D eigenvalue weighted by Crippen LogP contribution is 2.31. The van der Waals surface area contributed by atoms with Crippen molar-refractivity contribution in [3.8, 4) is 22.3 Å². The van der Waals surface area contributed by atoms with Gasteiger partial charge in [-0.25, -0.2) is 0 Å². The lowest BCUT2D eigenvalue weighted by molar-refractivity contribution is 1.26. The van der Waals surface area contributed by atoms with E-state index in [0.29, 0.717) is 0 Å². The van der Waals surface area contributed by atoms with Crippen molar-refractivity contribution in [2.45, 2.75) is 11.3 Å². The predicted octanol–water partition coefficient (Wildman–Crippen LogP) is 8.03. The van der Waals surface area contributed by atoms with Crippen LogP contribution in [0.3, 0.4) is 0 Å². The first-order chi connectivity index (χ1) is 15.3. The van der Waals surface area contributed by atoms with Gasteiger partial charge in [-0.1, -0.05) is 103 Å². The van der Waals surface area contributed by atoms with Gasteiger partial charge in [-0.3, -0.25) is 4.99 Å². The topological polar surface area (TPSA) is 12.4 Å². The van der Waals surface area contributed by atoms with Gasteiger partial charge in [0, 0.05) is 4.90 Å². The molecule has 0 radical (unpaired) electrons. The Bertz CT molecular complexity index is 1190. The smallest absolute Gasteiger partial charge is 0.0658 e. The summed E-state index contributed by atoms with van der Waals surface area (Å²) in [5.41, 5.74) is 8.19. The molecule has 0 N–H and O–H groups in total. The van der Waals surface area contributed by atoms with Gasteiger partial charge in [0.15, 0.2) is 0 Å². The van der Waals surface area contributed by atoms with E-state index in [1.165, 1.54) is 32.7 Å². The van der Waals surface area contributed by atoms with E-state index < -0.39 is 0 Å². The normalized spacial score (nSPS) is 11.3. The first-order valence-corrected chi connectivity index (χ1v) is 11.6. The molecule has 0 saturated heterocycles. The molecule has 0 fully saturated rings. The number of hydrogen-bond donors (Lipinski definition) is 0. The summed E-state index contributed by atoms with van der Waals surface area (Å²) in [6.45, 7) is 3.80. The Morgan fingerprint density at radius 2 is 1.48 bits per heavy atom. The summed E-state index contributed by atoms with van der Waals surface area (Å²) in [4.78, 5) is 5.58. The molecule has 0 saturated carbocycles. The predicted molar refractivity (Wildman–Crippen MR) is 137 cm³/mol. The van der Waals surface area contributed by atoms with E-state index in [-0.39, 0.29) is 0 Å². The van der Waals surface area contributed by atoms with Crippen LogP contribution in [0.5, 0.6) is 0 Å². The standard InChI is InChI=1S/C29H25NS/c1-30-28(20-15-22-9-8-12-26(21-22)23-10-4-3-5-11-23)25-18-16-24(17-19-25)27-13-6-7-14-29(27)31-2/h3-14,16-21H,1,15H2,2H3/b28-20-. The molecule has 0 heterocycles. The van der Waals surface area contributed by atoms with Gasteiger partial charge >= 0.3 is 0 Å². The first kappa shape index (κ1) is 20.9. The van der Waals surface area contributed by atoms with E-state index in [4.69, 9.17) is 0 Å². The fourth-order valence-electron chi connectivity index (χ4n) is 3.70. The van der Waals surface area contributed by atoms with Crippen molar-refractivity contribution in [3.63, 3.8) is 0 Å². The zero-order valence-corrected chi connectivity index (χ0v) is 18.5. The minimum absolute atomic E-state index is 0.812. The molecular weight excluding hydrogens is 394 g/mol. The molecular formula is C29H25NS. The SMILES string of the molecule is C=N/C(=C\Cc1cccc(-c2ccccc2)c1)c1ccc(-c2ccccc2SC)cc1. The lowest BCUT2D eigenvalue weighted by atomic mass is 10.00. The Morgan fingerprint density at radius 1 is 0.774 bits per heavy atom. The van der Waals surface area contributed by atoms with E-state index in [1.54, 1.807) is 11.8 Å². The van der Waals surface area contributed by atoms with Crippen molar-refractivity contribution in [1.82, 2.24) is 0 Å². The lowest BCUT2D eigenvalue weighted by Gasteiger charge is -2.09. The minimum Gasteiger partial charge on any atom is -0.264 e. The van der Waals surface area contributed by atoms with Crippen LogP contribution in [0.4, 0.5) is 0 Å². The summed E-state index contributed by atoms with van der Waals surface area (Å²) in [5, 5.41) is 0. The van der Waals surface area contributed by atoms with Gasteiger partial charge in [-0.05, 0) is 58.8 Å². The van der Waals surface area contributed by atoms with Crippen molar-refractivity contribution in [2.24, 2.45) is 4.99 Å². The molecule has 4 aromatic rings. The second-order valence-electron chi connectivity index (χ2n) is 7.30. The van der Waals surface area contributed by atoms with Crippen LogP contribution < -0.4 is 0 Å². The number of thioether (sulfide) groups is 1. The van der Waals surface area contributed by atoms with E-state index in [2.05, 4.69) is 121 Å². The molecule has 0 aliphatic heterocycles. The van der Waals surface area contributed by atoms with E-state index in [0.717, 1.165) is 17.7 Å². The first-order valence-electron chi connectivity index (χ1n) is 10.3. The van der Waals surface area contributed by atoms with Crippen molar-refractivity contribution < 1.29 is 0 Å². The third-order valence-electron chi connectivity index (χ3n) is 5.33. The van der Waals surface area contributed by atoms with Crippen LogP contribution in [0.25, 0.3) is 28.0 Å². The van der Waals surface area contributed by atoms with Crippen LogP contribution in [0, 0.1) is 0 Å². The molecule has 2 heteroatoms. The average Bonchev–Trinajstić information content (AvgIpc) is 2.85. The molecule has 1 nitrogen and oxygen atoms in total. The van der Waals surface area contributed by atoms with E-state index >= 15 is 0 Å². The third kappa shape index (κ3) is 5.04. The molecule has 0 bridgehead atoms. The second kappa shape index (κ2) is 10.1. The Hall–Kier alpha value is -3.36. The van der Waals surface area contributed by atoms with Gasteiger partial charge in [-0.2, -0.15) is 0 Å².